The van der Waals surface area contributed by atoms with Crippen molar-refractivity contribution in [2.24, 2.45) is 11.7 Å². The van der Waals surface area contributed by atoms with Gasteiger partial charge in [0.25, 0.3) is 0 Å². The molecule has 0 aromatic heterocycles. The van der Waals surface area contributed by atoms with Crippen molar-refractivity contribution in [2.45, 2.75) is 44.2 Å². The largest absolute Gasteiger partial charge is 0.329 e. The molecule has 1 saturated heterocycles. The van der Waals surface area contributed by atoms with Crippen LogP contribution in [0.1, 0.15) is 31.7 Å². The second-order valence-corrected chi connectivity index (χ2v) is 6.49. The molecule has 1 saturated carbocycles. The van der Waals surface area contributed by atoms with E-state index in [1.807, 2.05) is 6.07 Å². The van der Waals surface area contributed by atoms with Crippen LogP contribution in [0.25, 0.3) is 0 Å². The lowest BCUT2D eigenvalue weighted by molar-refractivity contribution is 0.0746. The monoisotopic (exact) mass is 262 g/mol. The van der Waals surface area contributed by atoms with Crippen LogP contribution in [0.3, 0.4) is 0 Å². The fraction of sp³-hybridized carbons (Fsp3) is 0.625. The second-order valence-electron chi connectivity index (χ2n) is 6.49. The minimum absolute atomic E-state index is 0.0341. The predicted octanol–water partition coefficient (Wildman–Crippen LogP) is 2.57. The summed E-state index contributed by atoms with van der Waals surface area (Å²) in [5.41, 5.74) is 7.09. The average molecular weight is 262 g/mol. The predicted molar refractivity (Wildman–Crippen MR) is 75.4 cm³/mol. The molecular weight excluding hydrogens is 239 g/mol. The first kappa shape index (κ1) is 13.1. The van der Waals surface area contributed by atoms with Gasteiger partial charge in [-0.25, -0.2) is 4.39 Å². The number of fused-ring (bicyclic) bond motifs is 2. The van der Waals surface area contributed by atoms with E-state index in [1.165, 1.54) is 31.9 Å². The van der Waals surface area contributed by atoms with Crippen molar-refractivity contribution in [3.8, 4) is 0 Å². The number of benzene rings is 1. The molecule has 1 aliphatic heterocycles. The fourth-order valence-electron chi connectivity index (χ4n) is 3.96. The Morgan fingerprint density at radius 1 is 1.42 bits per heavy atom. The molecule has 2 fully saturated rings. The number of rotatable bonds is 4. The molecule has 1 aromatic rings. The normalized spacial score (nSPS) is 29.6. The Labute approximate surface area is 114 Å². The highest BCUT2D eigenvalue weighted by atomic mass is 19.1. The fourth-order valence-corrected chi connectivity index (χ4v) is 3.96. The average Bonchev–Trinajstić information content (AvgIpc) is 3.01. The van der Waals surface area contributed by atoms with Crippen LogP contribution in [0.5, 0.6) is 0 Å². The summed E-state index contributed by atoms with van der Waals surface area (Å²) in [6.07, 6.45) is 4.86. The van der Waals surface area contributed by atoms with Crippen LogP contribution in [0.2, 0.25) is 0 Å². The second kappa shape index (κ2) is 4.88. The van der Waals surface area contributed by atoms with Gasteiger partial charge in [0.1, 0.15) is 5.82 Å². The van der Waals surface area contributed by atoms with E-state index in [1.54, 1.807) is 12.1 Å². The Balaban J connectivity index is 1.79. The van der Waals surface area contributed by atoms with Crippen LogP contribution in [0.15, 0.2) is 24.3 Å². The van der Waals surface area contributed by atoms with Crippen molar-refractivity contribution >= 4 is 0 Å². The van der Waals surface area contributed by atoms with Crippen LogP contribution >= 0.6 is 0 Å². The van der Waals surface area contributed by atoms with Crippen LogP contribution in [0, 0.1) is 11.7 Å². The number of nitrogens with two attached hydrogens (primary N) is 1. The highest BCUT2D eigenvalue weighted by Crippen LogP contribution is 2.41. The van der Waals surface area contributed by atoms with Gasteiger partial charge in [-0.2, -0.15) is 0 Å². The summed E-state index contributed by atoms with van der Waals surface area (Å²) < 4.78 is 13.3. The third kappa shape index (κ3) is 2.41. The third-order valence-electron chi connectivity index (χ3n) is 5.02. The van der Waals surface area contributed by atoms with Gasteiger partial charge in [0.2, 0.25) is 0 Å². The van der Waals surface area contributed by atoms with E-state index in [2.05, 4.69) is 11.8 Å². The van der Waals surface area contributed by atoms with Gasteiger partial charge < -0.3 is 5.73 Å². The minimum atomic E-state index is -0.153. The van der Waals surface area contributed by atoms with Gasteiger partial charge in [-0.15, -0.1) is 0 Å². The van der Waals surface area contributed by atoms with E-state index in [4.69, 9.17) is 5.73 Å². The highest BCUT2D eigenvalue weighted by molar-refractivity contribution is 5.20. The summed E-state index contributed by atoms with van der Waals surface area (Å²) in [5.74, 6) is 0.711. The minimum Gasteiger partial charge on any atom is -0.329 e. The molecule has 2 bridgehead atoms. The van der Waals surface area contributed by atoms with Crippen molar-refractivity contribution in [2.75, 3.05) is 13.1 Å². The van der Waals surface area contributed by atoms with Gasteiger partial charge in [-0.3, -0.25) is 4.90 Å². The molecule has 19 heavy (non-hydrogen) atoms. The van der Waals surface area contributed by atoms with Crippen molar-refractivity contribution in [3.63, 3.8) is 0 Å². The number of hydrogen-bond donors (Lipinski definition) is 1. The first-order valence-electron chi connectivity index (χ1n) is 7.32. The molecule has 104 valence electrons. The zero-order valence-corrected chi connectivity index (χ0v) is 11.6. The number of halogens is 1. The molecule has 1 aliphatic carbocycles. The molecule has 2 nitrogen and oxygen atoms in total. The summed E-state index contributed by atoms with van der Waals surface area (Å²) >= 11 is 0. The summed E-state index contributed by atoms with van der Waals surface area (Å²) in [6, 6.07) is 7.64. The topological polar surface area (TPSA) is 29.3 Å². The van der Waals surface area contributed by atoms with Gasteiger partial charge in [0.15, 0.2) is 0 Å². The quantitative estimate of drug-likeness (QED) is 0.903. The lowest BCUT2D eigenvalue weighted by atomic mass is 9.89. The Kier molecular flexibility index (Phi) is 3.35. The molecule has 3 atom stereocenters. The Hall–Kier alpha value is -0.930. The summed E-state index contributed by atoms with van der Waals surface area (Å²) in [7, 11) is 0. The lowest BCUT2D eigenvalue weighted by Gasteiger charge is -2.43. The molecular formula is C16H23FN2. The Bertz CT molecular complexity index is 462. The molecule has 0 radical (unpaired) electrons. The van der Waals surface area contributed by atoms with Crippen molar-refractivity contribution < 1.29 is 4.39 Å². The van der Waals surface area contributed by atoms with E-state index >= 15 is 0 Å². The van der Waals surface area contributed by atoms with E-state index in [0.29, 0.717) is 12.6 Å². The molecule has 2 N–H and O–H groups in total. The number of likely N-dealkylation sites (tertiary alicyclic amines) is 1. The molecule has 2 aliphatic rings. The van der Waals surface area contributed by atoms with E-state index in [-0.39, 0.29) is 11.4 Å². The van der Waals surface area contributed by atoms with Crippen LogP contribution in [-0.4, -0.2) is 29.6 Å². The Morgan fingerprint density at radius 2 is 2.26 bits per heavy atom. The maximum Gasteiger partial charge on any atom is 0.123 e. The van der Waals surface area contributed by atoms with Gasteiger partial charge in [0, 0.05) is 24.7 Å². The van der Waals surface area contributed by atoms with E-state index in [0.717, 1.165) is 17.9 Å². The number of hydrogen-bond acceptors (Lipinski definition) is 2. The SMILES string of the molecule is CC(CN)(Cc1cccc(F)c1)N1CC2CCC1C2. The highest BCUT2D eigenvalue weighted by Gasteiger charge is 2.45. The Morgan fingerprint density at radius 3 is 2.84 bits per heavy atom. The number of piperidine rings is 1. The first-order chi connectivity index (χ1) is 9.10. The zero-order chi connectivity index (χ0) is 13.5. The summed E-state index contributed by atoms with van der Waals surface area (Å²) in [4.78, 5) is 2.59. The summed E-state index contributed by atoms with van der Waals surface area (Å²) in [5, 5.41) is 0. The van der Waals surface area contributed by atoms with Gasteiger partial charge in [0.05, 0.1) is 0 Å². The molecule has 3 rings (SSSR count). The lowest BCUT2D eigenvalue weighted by Crippen LogP contribution is -2.56. The first-order valence-corrected chi connectivity index (χ1v) is 7.32. The van der Waals surface area contributed by atoms with Gasteiger partial charge in [-0.05, 0) is 56.2 Å². The zero-order valence-electron chi connectivity index (χ0n) is 11.6. The van der Waals surface area contributed by atoms with E-state index < -0.39 is 0 Å². The molecule has 0 amide bonds. The van der Waals surface area contributed by atoms with E-state index in [9.17, 15) is 4.39 Å². The van der Waals surface area contributed by atoms with Crippen molar-refractivity contribution in [1.29, 1.82) is 0 Å². The van der Waals surface area contributed by atoms with Crippen LogP contribution < -0.4 is 5.73 Å². The van der Waals surface area contributed by atoms with Crippen molar-refractivity contribution in [1.82, 2.24) is 4.90 Å². The molecule has 3 unspecified atom stereocenters. The molecule has 1 heterocycles. The molecule has 3 heteroatoms. The maximum atomic E-state index is 13.3. The van der Waals surface area contributed by atoms with Gasteiger partial charge in [-0.1, -0.05) is 12.1 Å². The molecule has 0 spiro atoms. The third-order valence-corrected chi connectivity index (χ3v) is 5.02. The van der Waals surface area contributed by atoms with Crippen molar-refractivity contribution in [3.05, 3.63) is 35.6 Å². The maximum absolute atomic E-state index is 13.3. The number of nitrogens with zero attached hydrogens (tertiary/aromatic N) is 1. The van der Waals surface area contributed by atoms with Crippen LogP contribution in [0.4, 0.5) is 4.39 Å². The van der Waals surface area contributed by atoms with Crippen LogP contribution in [-0.2, 0) is 6.42 Å². The van der Waals surface area contributed by atoms with Gasteiger partial charge >= 0.3 is 0 Å². The standard InChI is InChI=1S/C16H23FN2/c1-16(11-18,9-12-3-2-4-14(17)7-12)19-10-13-5-6-15(19)8-13/h2-4,7,13,15H,5-6,8-11,18H2,1H3. The summed E-state index contributed by atoms with van der Waals surface area (Å²) in [6.45, 7) is 4.04. The smallest absolute Gasteiger partial charge is 0.123 e. The molecule has 1 aromatic carbocycles.